The lowest BCUT2D eigenvalue weighted by atomic mass is 9.73. The summed E-state index contributed by atoms with van der Waals surface area (Å²) in [6.07, 6.45) is 6.26. The summed E-state index contributed by atoms with van der Waals surface area (Å²) in [5, 5.41) is 19.1. The van der Waals surface area contributed by atoms with Crippen LogP contribution in [0, 0.1) is 5.41 Å². The Balaban J connectivity index is 4.96. The van der Waals surface area contributed by atoms with Crippen molar-refractivity contribution in [3.63, 3.8) is 0 Å². The molecule has 0 fully saturated rings. The Morgan fingerprint density at radius 1 is 0.697 bits per heavy atom. The summed E-state index contributed by atoms with van der Waals surface area (Å²) < 4.78 is 23.0. The Hall–Kier alpha value is -1.22. The molecule has 0 heterocycles. The highest BCUT2D eigenvalue weighted by Crippen LogP contribution is 2.37. The van der Waals surface area contributed by atoms with E-state index in [4.69, 9.17) is 24.1 Å². The third kappa shape index (κ3) is 13.9. The maximum atomic E-state index is 12.6. The molecule has 196 valence electrons. The molecule has 2 atom stereocenters. The third-order valence-corrected chi connectivity index (χ3v) is 6.06. The van der Waals surface area contributed by atoms with E-state index in [0.29, 0.717) is 58.9 Å². The van der Waals surface area contributed by atoms with Gasteiger partial charge in [-0.25, -0.2) is 0 Å². The van der Waals surface area contributed by atoms with Crippen molar-refractivity contribution in [3.05, 3.63) is 0 Å². The Bertz CT molecular complexity index is 475. The second kappa shape index (κ2) is 20.2. The van der Waals surface area contributed by atoms with Crippen molar-refractivity contribution in [1.29, 1.82) is 0 Å². The molecule has 8 heteroatoms. The Labute approximate surface area is 200 Å². The first-order valence-corrected chi connectivity index (χ1v) is 12.7. The quantitative estimate of drug-likeness (QED) is 0.189. The van der Waals surface area contributed by atoms with E-state index in [1.807, 2.05) is 0 Å². The number of carboxylic acid groups (broad SMARTS) is 2. The average Bonchev–Trinajstić information content (AvgIpc) is 2.77. The maximum Gasteiger partial charge on any atom is 0.314 e. The van der Waals surface area contributed by atoms with Crippen LogP contribution in [0.2, 0.25) is 0 Å². The standard InChI is InChI=1S/C25H48O8/c1-5-7-15-30-17-19-32-21(3)25(24(28)29,14-12-10-9-11-13-23(26)27)22(4)33-20-18-31-16-8-6-2/h21-22H,5-20H2,1-4H3,(H,26,27)(H,28,29). The van der Waals surface area contributed by atoms with Gasteiger partial charge in [-0.3, -0.25) is 9.59 Å². The second-order valence-electron chi connectivity index (χ2n) is 8.61. The lowest BCUT2D eigenvalue weighted by molar-refractivity contribution is -0.180. The molecule has 0 aromatic heterocycles. The van der Waals surface area contributed by atoms with Crippen LogP contribution in [-0.4, -0.2) is 74.0 Å². The number of rotatable bonds is 24. The number of aliphatic carboxylic acids is 2. The first kappa shape index (κ1) is 31.8. The van der Waals surface area contributed by atoms with Crippen molar-refractivity contribution in [2.75, 3.05) is 39.6 Å². The summed E-state index contributed by atoms with van der Waals surface area (Å²) >= 11 is 0. The van der Waals surface area contributed by atoms with Gasteiger partial charge in [-0.15, -0.1) is 0 Å². The van der Waals surface area contributed by atoms with E-state index in [-0.39, 0.29) is 6.42 Å². The van der Waals surface area contributed by atoms with Crippen molar-refractivity contribution in [1.82, 2.24) is 0 Å². The Morgan fingerprint density at radius 2 is 1.18 bits per heavy atom. The van der Waals surface area contributed by atoms with Crippen LogP contribution in [0.25, 0.3) is 0 Å². The van der Waals surface area contributed by atoms with Crippen LogP contribution in [0.1, 0.15) is 91.9 Å². The molecule has 0 saturated carbocycles. The molecule has 0 radical (unpaired) electrons. The van der Waals surface area contributed by atoms with E-state index in [9.17, 15) is 14.7 Å². The number of hydrogen-bond acceptors (Lipinski definition) is 6. The molecule has 0 aliphatic heterocycles. The van der Waals surface area contributed by atoms with Crippen LogP contribution < -0.4 is 0 Å². The molecule has 0 spiro atoms. The van der Waals surface area contributed by atoms with Crippen molar-refractivity contribution < 1.29 is 38.7 Å². The molecule has 0 rings (SSSR count). The fourth-order valence-electron chi connectivity index (χ4n) is 3.80. The van der Waals surface area contributed by atoms with Crippen LogP contribution in [0.4, 0.5) is 0 Å². The predicted molar refractivity (Wildman–Crippen MR) is 128 cm³/mol. The van der Waals surface area contributed by atoms with Gasteiger partial charge in [-0.2, -0.15) is 0 Å². The normalized spacial score (nSPS) is 15.2. The summed E-state index contributed by atoms with van der Waals surface area (Å²) in [6, 6.07) is 0. The van der Waals surface area contributed by atoms with Crippen molar-refractivity contribution >= 4 is 11.9 Å². The van der Waals surface area contributed by atoms with Crippen LogP contribution in [0.3, 0.4) is 0 Å². The molecule has 0 aromatic rings. The summed E-state index contributed by atoms with van der Waals surface area (Å²) in [4.78, 5) is 23.3. The first-order chi connectivity index (χ1) is 15.8. The summed E-state index contributed by atoms with van der Waals surface area (Å²) in [7, 11) is 0. The van der Waals surface area contributed by atoms with E-state index >= 15 is 0 Å². The van der Waals surface area contributed by atoms with Gasteiger partial charge < -0.3 is 29.2 Å². The monoisotopic (exact) mass is 476 g/mol. The molecule has 2 unspecified atom stereocenters. The smallest absolute Gasteiger partial charge is 0.314 e. The van der Waals surface area contributed by atoms with Gasteiger partial charge in [-0.1, -0.05) is 46.0 Å². The van der Waals surface area contributed by atoms with Crippen molar-refractivity contribution in [3.8, 4) is 0 Å². The lowest BCUT2D eigenvalue weighted by Crippen LogP contribution is -2.51. The average molecular weight is 477 g/mol. The molecule has 0 amide bonds. The van der Waals surface area contributed by atoms with Gasteiger partial charge >= 0.3 is 11.9 Å². The predicted octanol–water partition coefficient (Wildman–Crippen LogP) is 4.93. The van der Waals surface area contributed by atoms with Crippen LogP contribution in [0.5, 0.6) is 0 Å². The second-order valence-corrected chi connectivity index (χ2v) is 8.61. The number of hydrogen-bond donors (Lipinski definition) is 2. The van der Waals surface area contributed by atoms with E-state index in [1.54, 1.807) is 13.8 Å². The minimum Gasteiger partial charge on any atom is -0.481 e. The molecular weight excluding hydrogens is 428 g/mol. The highest BCUT2D eigenvalue weighted by atomic mass is 16.5. The summed E-state index contributed by atoms with van der Waals surface area (Å²) in [5.41, 5.74) is -1.21. The van der Waals surface area contributed by atoms with Gasteiger partial charge in [0.15, 0.2) is 0 Å². The largest absolute Gasteiger partial charge is 0.481 e. The zero-order valence-electron chi connectivity index (χ0n) is 21.3. The zero-order valence-corrected chi connectivity index (χ0v) is 21.3. The van der Waals surface area contributed by atoms with E-state index in [1.165, 1.54) is 0 Å². The Kier molecular flexibility index (Phi) is 19.4. The van der Waals surface area contributed by atoms with E-state index < -0.39 is 29.6 Å². The van der Waals surface area contributed by atoms with Gasteiger partial charge in [0.2, 0.25) is 0 Å². The minimum atomic E-state index is -1.21. The fraction of sp³-hybridized carbons (Fsp3) is 0.920. The Morgan fingerprint density at radius 3 is 1.61 bits per heavy atom. The van der Waals surface area contributed by atoms with Gasteiger partial charge in [0.05, 0.1) is 38.6 Å². The molecule has 0 bridgehead atoms. The molecule has 2 N–H and O–H groups in total. The first-order valence-electron chi connectivity index (χ1n) is 12.7. The molecule has 0 aliphatic rings. The summed E-state index contributed by atoms with van der Waals surface area (Å²) in [6.45, 7) is 10.6. The fourth-order valence-corrected chi connectivity index (χ4v) is 3.80. The number of unbranched alkanes of at least 4 members (excludes halogenated alkanes) is 5. The van der Waals surface area contributed by atoms with Crippen LogP contribution >= 0.6 is 0 Å². The number of carbonyl (C=O) groups is 2. The van der Waals surface area contributed by atoms with E-state index in [0.717, 1.165) is 38.5 Å². The maximum absolute atomic E-state index is 12.6. The van der Waals surface area contributed by atoms with Crippen molar-refractivity contribution in [2.24, 2.45) is 5.41 Å². The lowest BCUT2D eigenvalue weighted by Gasteiger charge is -2.40. The van der Waals surface area contributed by atoms with Crippen LogP contribution in [-0.2, 0) is 28.5 Å². The highest BCUT2D eigenvalue weighted by molar-refractivity contribution is 5.76. The highest BCUT2D eigenvalue weighted by Gasteiger charge is 2.49. The molecular formula is C25H48O8. The number of ether oxygens (including phenoxy) is 4. The van der Waals surface area contributed by atoms with Gasteiger partial charge in [0.1, 0.15) is 5.41 Å². The minimum absolute atomic E-state index is 0.138. The zero-order chi connectivity index (χ0) is 25.0. The van der Waals surface area contributed by atoms with E-state index in [2.05, 4.69) is 13.8 Å². The molecule has 33 heavy (non-hydrogen) atoms. The number of carboxylic acids is 2. The molecule has 0 aromatic carbocycles. The molecule has 0 aliphatic carbocycles. The van der Waals surface area contributed by atoms with Gasteiger partial charge in [0, 0.05) is 19.6 Å². The van der Waals surface area contributed by atoms with Gasteiger partial charge in [-0.05, 0) is 39.5 Å². The molecule has 8 nitrogen and oxygen atoms in total. The molecule has 0 saturated heterocycles. The summed E-state index contributed by atoms with van der Waals surface area (Å²) in [5.74, 6) is -1.74. The van der Waals surface area contributed by atoms with Crippen LogP contribution in [0.15, 0.2) is 0 Å². The third-order valence-electron chi connectivity index (χ3n) is 6.06. The van der Waals surface area contributed by atoms with Gasteiger partial charge in [0.25, 0.3) is 0 Å². The van der Waals surface area contributed by atoms with Crippen molar-refractivity contribution in [2.45, 2.75) is 104 Å². The SMILES string of the molecule is CCCCOCCOC(C)C(CCCCCCC(=O)O)(C(=O)O)C(C)OCCOCCCC. The topological polar surface area (TPSA) is 112 Å².